The number of nitrogens with zero attached hydrogens (tertiary/aromatic N) is 4. The lowest BCUT2D eigenvalue weighted by Gasteiger charge is -2.24. The first-order chi connectivity index (χ1) is 19.8. The van der Waals surface area contributed by atoms with Gasteiger partial charge in [-0.2, -0.15) is 0 Å². The summed E-state index contributed by atoms with van der Waals surface area (Å²) in [5, 5.41) is 11.4. The van der Waals surface area contributed by atoms with Crippen LogP contribution >= 0.6 is 0 Å². The van der Waals surface area contributed by atoms with Crippen LogP contribution in [-0.4, -0.2) is 32.3 Å². The third-order valence-corrected chi connectivity index (χ3v) is 6.71. The molecule has 5 rings (SSSR count). The number of hydrogen-bond acceptors (Lipinski definition) is 5. The highest BCUT2D eigenvalue weighted by atomic mass is 16.5. The van der Waals surface area contributed by atoms with Crippen LogP contribution in [0, 0.1) is 32.6 Å². The van der Waals surface area contributed by atoms with E-state index in [2.05, 4.69) is 62.0 Å². The number of carboxylic acid groups (broad SMARTS) is 1. The van der Waals surface area contributed by atoms with Crippen LogP contribution in [-0.2, 0) is 23.2 Å². The maximum Gasteiger partial charge on any atom is 0.308 e. The third-order valence-electron chi connectivity index (χ3n) is 6.71. The number of amides is 1. The molecule has 0 aliphatic heterocycles. The van der Waals surface area contributed by atoms with Gasteiger partial charge in [0.2, 0.25) is 0 Å². The van der Waals surface area contributed by atoms with Gasteiger partial charge in [0, 0.05) is 7.05 Å². The molecule has 41 heavy (non-hydrogen) atoms. The van der Waals surface area contributed by atoms with E-state index in [0.29, 0.717) is 29.7 Å². The van der Waals surface area contributed by atoms with E-state index in [4.69, 9.17) is 19.6 Å². The standard InChI is InChI=1S/C30H30N4O2.C2H6.CH2O2/c1-6-7-28(35)34(26-17-21(4)20(3)16-24(26)23-12-13-23)27-15-14-25-29(31-27)30(32-33(25)5)36-18-22-10-8-19(2)9-11-22;1-2;2-1-3/h8-11,14-17,23H,12-13,18H2,1-5H3;1-2H3;1H,(H,2,3). The summed E-state index contributed by atoms with van der Waals surface area (Å²) in [4.78, 5) is 28.3. The molecule has 214 valence electrons. The van der Waals surface area contributed by atoms with Crippen LogP contribution in [0.2, 0.25) is 0 Å². The smallest absolute Gasteiger partial charge is 0.308 e. The molecule has 0 bridgehead atoms. The number of carbonyl (C=O) groups is 2. The van der Waals surface area contributed by atoms with Crippen molar-refractivity contribution in [1.82, 2.24) is 14.8 Å². The van der Waals surface area contributed by atoms with Gasteiger partial charge in [0.15, 0.2) is 5.52 Å². The number of aryl methyl sites for hydroxylation is 4. The molecule has 1 aliphatic carbocycles. The Morgan fingerprint density at radius 2 is 1.73 bits per heavy atom. The number of benzene rings is 2. The summed E-state index contributed by atoms with van der Waals surface area (Å²) in [7, 11) is 1.86. The van der Waals surface area contributed by atoms with Gasteiger partial charge in [0.05, 0.1) is 11.2 Å². The molecule has 0 atom stereocenters. The molecule has 2 heterocycles. The van der Waals surface area contributed by atoms with Gasteiger partial charge in [-0.25, -0.2) is 4.98 Å². The Morgan fingerprint density at radius 3 is 2.34 bits per heavy atom. The second-order valence-electron chi connectivity index (χ2n) is 9.63. The molecule has 0 unspecified atom stereocenters. The summed E-state index contributed by atoms with van der Waals surface area (Å²) < 4.78 is 7.85. The SMILES string of the molecule is CC.CC#CC(=O)N(c1ccc2c(n1)c(OCc1ccc(C)cc1)nn2C)c1cc(C)c(C)cc1C1CC1.O=CO. The molecule has 1 saturated carbocycles. The molecule has 1 fully saturated rings. The molecule has 4 aromatic rings. The Balaban J connectivity index is 0.000000868. The fourth-order valence-corrected chi connectivity index (χ4v) is 4.39. The predicted octanol–water partition coefficient (Wildman–Crippen LogP) is 6.76. The highest BCUT2D eigenvalue weighted by molar-refractivity contribution is 6.11. The highest BCUT2D eigenvalue weighted by Gasteiger charge is 2.31. The molecule has 2 aromatic heterocycles. The molecule has 1 aliphatic rings. The van der Waals surface area contributed by atoms with Gasteiger partial charge in [0.25, 0.3) is 12.4 Å². The first-order valence-electron chi connectivity index (χ1n) is 13.7. The maximum absolute atomic E-state index is 13.4. The average Bonchev–Trinajstić information content (AvgIpc) is 3.76. The molecule has 0 radical (unpaired) electrons. The summed E-state index contributed by atoms with van der Waals surface area (Å²) in [6.45, 7) is 12.0. The zero-order valence-electron chi connectivity index (χ0n) is 24.9. The van der Waals surface area contributed by atoms with E-state index in [1.54, 1.807) is 16.5 Å². The summed E-state index contributed by atoms with van der Waals surface area (Å²) in [5.74, 6) is 6.59. The number of hydrogen-bond donors (Lipinski definition) is 1. The Kier molecular flexibility index (Phi) is 10.6. The molecular formula is C33H38N4O4. The van der Waals surface area contributed by atoms with Crippen molar-refractivity contribution < 1.29 is 19.4 Å². The van der Waals surface area contributed by atoms with E-state index in [9.17, 15) is 4.79 Å². The van der Waals surface area contributed by atoms with Crippen molar-refractivity contribution in [2.24, 2.45) is 7.05 Å². The molecule has 2 aromatic carbocycles. The van der Waals surface area contributed by atoms with Crippen LogP contribution in [0.25, 0.3) is 11.0 Å². The second kappa shape index (κ2) is 14.1. The van der Waals surface area contributed by atoms with Crippen LogP contribution in [0.3, 0.4) is 0 Å². The summed E-state index contributed by atoms with van der Waals surface area (Å²) in [5.41, 5.74) is 8.06. The van der Waals surface area contributed by atoms with Gasteiger partial charge >= 0.3 is 5.91 Å². The number of anilines is 2. The fraction of sp³-hybridized carbons (Fsp3) is 0.333. The van der Waals surface area contributed by atoms with Gasteiger partial charge in [-0.3, -0.25) is 19.2 Å². The van der Waals surface area contributed by atoms with Crippen LogP contribution in [0.1, 0.15) is 67.3 Å². The fourth-order valence-electron chi connectivity index (χ4n) is 4.39. The predicted molar refractivity (Wildman–Crippen MR) is 163 cm³/mol. The minimum atomic E-state index is -0.305. The largest absolute Gasteiger partial charge is 0.483 e. The quantitative estimate of drug-likeness (QED) is 0.209. The number of rotatable bonds is 6. The zero-order chi connectivity index (χ0) is 30.1. The molecule has 0 spiro atoms. The monoisotopic (exact) mass is 554 g/mol. The van der Waals surface area contributed by atoms with Crippen molar-refractivity contribution >= 4 is 34.9 Å². The summed E-state index contributed by atoms with van der Waals surface area (Å²) >= 11 is 0. The van der Waals surface area contributed by atoms with E-state index >= 15 is 0 Å². The van der Waals surface area contributed by atoms with Crippen molar-refractivity contribution in [2.45, 2.75) is 66.9 Å². The maximum atomic E-state index is 13.4. The summed E-state index contributed by atoms with van der Waals surface area (Å²) in [6.07, 6.45) is 2.26. The van der Waals surface area contributed by atoms with E-state index in [1.807, 2.05) is 45.2 Å². The van der Waals surface area contributed by atoms with E-state index in [1.165, 1.54) is 16.7 Å². The Morgan fingerprint density at radius 1 is 1.10 bits per heavy atom. The van der Waals surface area contributed by atoms with Crippen LogP contribution in [0.4, 0.5) is 11.5 Å². The third kappa shape index (κ3) is 7.31. The lowest BCUT2D eigenvalue weighted by molar-refractivity contribution is -0.122. The van der Waals surface area contributed by atoms with Crippen LogP contribution in [0.5, 0.6) is 5.88 Å². The minimum absolute atomic E-state index is 0.250. The molecule has 1 amide bonds. The first kappa shape index (κ1) is 30.9. The number of ether oxygens (including phenoxy) is 1. The van der Waals surface area contributed by atoms with E-state index in [-0.39, 0.29) is 12.4 Å². The molecule has 1 N–H and O–H groups in total. The Labute approximate surface area is 242 Å². The van der Waals surface area contributed by atoms with Crippen molar-refractivity contribution in [3.63, 3.8) is 0 Å². The van der Waals surface area contributed by atoms with Gasteiger partial charge in [-0.1, -0.05) is 55.7 Å². The first-order valence-corrected chi connectivity index (χ1v) is 13.7. The number of carbonyl (C=O) groups excluding carboxylic acids is 1. The van der Waals surface area contributed by atoms with Gasteiger partial charge < -0.3 is 9.84 Å². The normalized spacial score (nSPS) is 11.7. The second-order valence-corrected chi connectivity index (χ2v) is 9.63. The Hall–Kier alpha value is -4.64. The van der Waals surface area contributed by atoms with Crippen LogP contribution in [0.15, 0.2) is 48.5 Å². The lowest BCUT2D eigenvalue weighted by Crippen LogP contribution is -2.26. The molecule has 0 saturated heterocycles. The van der Waals surface area contributed by atoms with Gasteiger partial charge in [-0.05, 0) is 92.8 Å². The molecule has 8 nitrogen and oxygen atoms in total. The zero-order valence-corrected chi connectivity index (χ0v) is 24.9. The number of pyridine rings is 1. The van der Waals surface area contributed by atoms with Crippen molar-refractivity contribution in [3.8, 4) is 17.7 Å². The lowest BCUT2D eigenvalue weighted by atomic mass is 9.99. The van der Waals surface area contributed by atoms with Gasteiger partial charge in [0.1, 0.15) is 12.4 Å². The minimum Gasteiger partial charge on any atom is -0.483 e. The van der Waals surface area contributed by atoms with Crippen LogP contribution < -0.4 is 9.64 Å². The molecular weight excluding hydrogens is 516 g/mol. The van der Waals surface area contributed by atoms with Gasteiger partial charge in [-0.15, -0.1) is 5.10 Å². The number of aromatic nitrogens is 3. The van der Waals surface area contributed by atoms with Crippen molar-refractivity contribution in [3.05, 3.63) is 76.3 Å². The van der Waals surface area contributed by atoms with Crippen molar-refractivity contribution in [2.75, 3.05) is 4.90 Å². The topological polar surface area (TPSA) is 97.6 Å². The Bertz CT molecular complexity index is 1580. The summed E-state index contributed by atoms with van der Waals surface area (Å²) in [6, 6.07) is 16.3. The number of fused-ring (bicyclic) bond motifs is 1. The van der Waals surface area contributed by atoms with E-state index in [0.717, 1.165) is 35.2 Å². The van der Waals surface area contributed by atoms with E-state index < -0.39 is 0 Å². The highest BCUT2D eigenvalue weighted by Crippen LogP contribution is 2.46. The average molecular weight is 555 g/mol. The molecule has 8 heteroatoms. The van der Waals surface area contributed by atoms with Crippen molar-refractivity contribution in [1.29, 1.82) is 0 Å².